The van der Waals surface area contributed by atoms with Crippen LogP contribution in [0.5, 0.6) is 0 Å². The minimum atomic E-state index is -0.865. The van der Waals surface area contributed by atoms with Crippen molar-refractivity contribution in [3.63, 3.8) is 0 Å². The molecule has 0 bridgehead atoms. The zero-order valence-corrected chi connectivity index (χ0v) is 13.4. The van der Waals surface area contributed by atoms with E-state index < -0.39 is 12.2 Å². The van der Waals surface area contributed by atoms with Crippen LogP contribution in [0.4, 0.5) is 4.79 Å². The van der Waals surface area contributed by atoms with E-state index in [0.29, 0.717) is 19.5 Å². The lowest BCUT2D eigenvalue weighted by Gasteiger charge is -2.32. The molecule has 1 fully saturated rings. The highest BCUT2D eigenvalue weighted by molar-refractivity contribution is 5.65. The Kier molecular flexibility index (Phi) is 3.76. The minimum absolute atomic E-state index is 0.146. The number of aliphatic hydroxyl groups is 1. The summed E-state index contributed by atoms with van der Waals surface area (Å²) in [5.41, 5.74) is 3.50. The third kappa shape index (κ3) is 2.47. The third-order valence-corrected chi connectivity index (χ3v) is 5.36. The lowest BCUT2D eigenvalue weighted by atomic mass is 9.88. The molecule has 2 aromatic rings. The van der Waals surface area contributed by atoms with Crippen LogP contribution in [0.15, 0.2) is 24.7 Å². The number of allylic oxidation sites excluding steroid dienone is 2. The van der Waals surface area contributed by atoms with Crippen LogP contribution < -0.4 is 5.22 Å². The van der Waals surface area contributed by atoms with Crippen LogP contribution in [0.25, 0.3) is 11.6 Å². The Balaban J connectivity index is 1.55. The van der Waals surface area contributed by atoms with Crippen molar-refractivity contribution in [1.82, 2.24) is 14.3 Å². The Labute approximate surface area is 139 Å². The molecule has 2 aromatic heterocycles. The summed E-state index contributed by atoms with van der Waals surface area (Å²) in [6.07, 6.45) is 11.6. The summed E-state index contributed by atoms with van der Waals surface area (Å²) in [6, 6.07) is 0. The van der Waals surface area contributed by atoms with Crippen molar-refractivity contribution in [3.05, 3.63) is 41.2 Å². The second-order valence-electron chi connectivity index (χ2n) is 6.67. The topological polar surface area (TPSA) is 78.1 Å². The van der Waals surface area contributed by atoms with Crippen LogP contribution in [-0.4, -0.2) is 49.8 Å². The summed E-state index contributed by atoms with van der Waals surface area (Å²) >= 11 is 0. The minimum Gasteiger partial charge on any atom is -0.465 e. The lowest BCUT2D eigenvalue weighted by molar-refractivity contribution is 0.0574. The van der Waals surface area contributed by atoms with Crippen molar-refractivity contribution >= 4 is 17.7 Å². The molecular formula is C18H21N3O3. The summed E-state index contributed by atoms with van der Waals surface area (Å²) in [4.78, 5) is 16.7. The number of imidazole rings is 1. The average molecular weight is 327 g/mol. The maximum absolute atomic E-state index is 11.0. The molecule has 1 atom stereocenters. The maximum atomic E-state index is 11.0. The van der Waals surface area contributed by atoms with Crippen LogP contribution in [0.1, 0.15) is 24.1 Å². The summed E-state index contributed by atoms with van der Waals surface area (Å²) in [5, 5.41) is 21.0. The molecule has 126 valence electrons. The number of aromatic nitrogens is 2. The molecule has 3 heterocycles. The van der Waals surface area contributed by atoms with Gasteiger partial charge in [0.25, 0.3) is 0 Å². The van der Waals surface area contributed by atoms with E-state index in [-0.39, 0.29) is 5.92 Å². The van der Waals surface area contributed by atoms with Crippen LogP contribution >= 0.6 is 0 Å². The first kappa shape index (κ1) is 15.2. The van der Waals surface area contributed by atoms with Gasteiger partial charge in [-0.1, -0.05) is 18.2 Å². The monoisotopic (exact) mass is 327 g/mol. The van der Waals surface area contributed by atoms with Crippen molar-refractivity contribution in [2.24, 2.45) is 5.92 Å². The summed E-state index contributed by atoms with van der Waals surface area (Å²) in [7, 11) is 0. The molecular weight excluding hydrogens is 306 g/mol. The number of hydrogen-bond donors (Lipinski definition) is 2. The van der Waals surface area contributed by atoms with E-state index in [2.05, 4.69) is 27.6 Å². The standard InChI is InChI=1S/C18H21N3O3/c22-17(12-5-7-20(8-6-12)18(23)24)9-15-13-3-1-2-4-14(13)16-10-19-11-21(15)16/h1-2,4,10-12,17,22H,3,5-9H2,(H,23,24). The molecule has 0 saturated carbocycles. The van der Waals surface area contributed by atoms with E-state index in [1.807, 2.05) is 12.5 Å². The Morgan fingerprint density at radius 2 is 2.17 bits per heavy atom. The molecule has 1 aliphatic carbocycles. The van der Waals surface area contributed by atoms with E-state index in [0.717, 1.165) is 30.5 Å². The van der Waals surface area contributed by atoms with Gasteiger partial charge in [-0.15, -0.1) is 0 Å². The van der Waals surface area contributed by atoms with Crippen molar-refractivity contribution in [3.8, 4) is 0 Å². The van der Waals surface area contributed by atoms with Crippen molar-refractivity contribution < 1.29 is 15.0 Å². The number of aliphatic hydroxyl groups excluding tert-OH is 1. The molecule has 0 spiro atoms. The van der Waals surface area contributed by atoms with Gasteiger partial charge in [0.15, 0.2) is 0 Å². The van der Waals surface area contributed by atoms with E-state index in [1.54, 1.807) is 0 Å². The first-order chi connectivity index (χ1) is 11.6. The fourth-order valence-corrected chi connectivity index (χ4v) is 3.99. The van der Waals surface area contributed by atoms with Gasteiger partial charge in [0.2, 0.25) is 0 Å². The second kappa shape index (κ2) is 5.94. The van der Waals surface area contributed by atoms with E-state index in [1.165, 1.54) is 15.7 Å². The SMILES string of the molecule is O=C(O)N1CCC(C(O)Cc2c3c(c4cncn24)=CC=CC3)CC1. The molecule has 1 unspecified atom stereocenters. The fraction of sp³-hybridized carbons (Fsp3) is 0.444. The predicted octanol–water partition coefficient (Wildman–Crippen LogP) is 1.24. The lowest BCUT2D eigenvalue weighted by Crippen LogP contribution is -2.41. The summed E-state index contributed by atoms with van der Waals surface area (Å²) < 4.78 is 2.09. The number of rotatable bonds is 3. The zero-order valence-electron chi connectivity index (χ0n) is 13.4. The highest BCUT2D eigenvalue weighted by Crippen LogP contribution is 2.25. The first-order valence-electron chi connectivity index (χ1n) is 8.43. The van der Waals surface area contributed by atoms with E-state index in [4.69, 9.17) is 5.11 Å². The number of likely N-dealkylation sites (tertiary alicyclic amines) is 1. The smallest absolute Gasteiger partial charge is 0.407 e. The number of carboxylic acid groups (broad SMARTS) is 1. The molecule has 4 rings (SSSR count). The molecule has 2 aliphatic rings. The largest absolute Gasteiger partial charge is 0.465 e. The Bertz CT molecular complexity index is 847. The molecule has 6 nitrogen and oxygen atoms in total. The van der Waals surface area contributed by atoms with Crippen LogP contribution in [0.2, 0.25) is 0 Å². The molecule has 0 aromatic carbocycles. The van der Waals surface area contributed by atoms with Gasteiger partial charge in [-0.2, -0.15) is 0 Å². The van der Waals surface area contributed by atoms with Gasteiger partial charge in [0.05, 0.1) is 24.1 Å². The normalized spacial score (nSPS) is 19.3. The van der Waals surface area contributed by atoms with Crippen LogP contribution in [0, 0.1) is 5.92 Å². The molecule has 0 radical (unpaired) electrons. The highest BCUT2D eigenvalue weighted by atomic mass is 16.4. The van der Waals surface area contributed by atoms with Crippen molar-refractivity contribution in [2.45, 2.75) is 31.8 Å². The van der Waals surface area contributed by atoms with Crippen LogP contribution in [0.3, 0.4) is 0 Å². The molecule has 24 heavy (non-hydrogen) atoms. The van der Waals surface area contributed by atoms with Gasteiger partial charge in [-0.25, -0.2) is 9.78 Å². The van der Waals surface area contributed by atoms with Crippen molar-refractivity contribution in [1.29, 1.82) is 0 Å². The molecule has 2 N–H and O–H groups in total. The van der Waals surface area contributed by atoms with Gasteiger partial charge in [-0.05, 0) is 30.7 Å². The number of fused-ring (bicyclic) bond motifs is 3. The predicted molar refractivity (Wildman–Crippen MR) is 89.8 cm³/mol. The van der Waals surface area contributed by atoms with Gasteiger partial charge in [0.1, 0.15) is 0 Å². The number of hydrogen-bond acceptors (Lipinski definition) is 3. The van der Waals surface area contributed by atoms with Crippen LogP contribution in [-0.2, 0) is 12.8 Å². The Hall–Kier alpha value is -2.34. The quantitative estimate of drug-likeness (QED) is 0.889. The number of carbonyl (C=O) groups is 1. The summed E-state index contributed by atoms with van der Waals surface area (Å²) in [5.74, 6) is 0.146. The van der Waals surface area contributed by atoms with Gasteiger partial charge in [0, 0.05) is 30.4 Å². The maximum Gasteiger partial charge on any atom is 0.407 e. The van der Waals surface area contributed by atoms with Crippen molar-refractivity contribution in [2.75, 3.05) is 13.1 Å². The average Bonchev–Trinajstić information content (AvgIpc) is 3.18. The third-order valence-electron chi connectivity index (χ3n) is 5.36. The van der Waals surface area contributed by atoms with E-state index in [9.17, 15) is 9.90 Å². The molecule has 1 amide bonds. The second-order valence-corrected chi connectivity index (χ2v) is 6.67. The fourth-order valence-electron chi connectivity index (χ4n) is 3.99. The number of nitrogens with zero attached hydrogens (tertiary/aromatic N) is 3. The molecule has 1 aliphatic heterocycles. The number of piperidine rings is 1. The van der Waals surface area contributed by atoms with Gasteiger partial charge < -0.3 is 19.5 Å². The Morgan fingerprint density at radius 3 is 2.92 bits per heavy atom. The van der Waals surface area contributed by atoms with Gasteiger partial charge in [-0.3, -0.25) is 0 Å². The molecule has 1 saturated heterocycles. The summed E-state index contributed by atoms with van der Waals surface area (Å²) in [6.45, 7) is 1.01. The zero-order chi connectivity index (χ0) is 16.7. The molecule has 6 heteroatoms. The van der Waals surface area contributed by atoms with E-state index >= 15 is 0 Å². The first-order valence-corrected chi connectivity index (χ1v) is 8.43. The van der Waals surface area contributed by atoms with Gasteiger partial charge >= 0.3 is 6.09 Å². The Morgan fingerprint density at radius 1 is 1.38 bits per heavy atom. The number of amides is 1. The highest BCUT2D eigenvalue weighted by Gasteiger charge is 2.29.